The van der Waals surface area contributed by atoms with Crippen LogP contribution in [0.5, 0.6) is 0 Å². The van der Waals surface area contributed by atoms with Crippen molar-refractivity contribution in [2.45, 2.75) is 13.8 Å². The van der Waals surface area contributed by atoms with Crippen LogP contribution in [-0.2, 0) is 11.3 Å². The average molecular weight is 317 g/mol. The summed E-state index contributed by atoms with van der Waals surface area (Å²) in [4.78, 5) is 6.52. The van der Waals surface area contributed by atoms with Gasteiger partial charge in [-0.15, -0.1) is 0 Å². The van der Waals surface area contributed by atoms with Gasteiger partial charge < -0.3 is 9.87 Å². The fourth-order valence-electron chi connectivity index (χ4n) is 1.83. The highest BCUT2D eigenvalue weighted by molar-refractivity contribution is 7.77. The lowest BCUT2D eigenvalue weighted by Crippen LogP contribution is -2.42. The van der Waals surface area contributed by atoms with E-state index in [0.29, 0.717) is 0 Å². The van der Waals surface area contributed by atoms with E-state index in [1.165, 1.54) is 0 Å². The Bertz CT molecular complexity index is 703. The summed E-state index contributed by atoms with van der Waals surface area (Å²) in [6, 6.07) is 15.2. The highest BCUT2D eigenvalue weighted by Gasteiger charge is 2.04. The van der Waals surface area contributed by atoms with Gasteiger partial charge in [-0.05, 0) is 37.1 Å². The first kappa shape index (κ1) is 16.2. The molecule has 0 aromatic heterocycles. The van der Waals surface area contributed by atoms with Crippen molar-refractivity contribution in [2.75, 3.05) is 5.32 Å². The Morgan fingerprint density at radius 3 is 2.32 bits per heavy atom. The first-order valence-electron chi connectivity index (χ1n) is 6.64. The van der Waals surface area contributed by atoms with Crippen molar-refractivity contribution < 1.29 is 8.76 Å². The van der Waals surface area contributed by atoms with Crippen molar-refractivity contribution in [3.05, 3.63) is 59.7 Å². The van der Waals surface area contributed by atoms with Crippen molar-refractivity contribution in [3.63, 3.8) is 0 Å². The van der Waals surface area contributed by atoms with E-state index in [9.17, 15) is 8.76 Å². The van der Waals surface area contributed by atoms with Crippen LogP contribution in [0.3, 0.4) is 0 Å². The van der Waals surface area contributed by atoms with Crippen LogP contribution in [0.15, 0.2) is 53.5 Å². The summed E-state index contributed by atoms with van der Waals surface area (Å²) in [5.74, 6) is 0.285. The van der Waals surface area contributed by atoms with Gasteiger partial charge in [0.2, 0.25) is 5.96 Å². The second-order valence-corrected chi connectivity index (χ2v) is 5.32. The molecule has 2 aromatic carbocycles. The fraction of sp³-hybridized carbons (Fsp3) is 0.133. The standard InChI is InChI=1S/C15H18N4O2S/c1-11-7-3-5-9-13(11)16-15(18-19-22(20)21)17-14-10-6-4-8-12(14)2/h3-10,19H,1-2H3,(H,20,21)(H2,16,17,18)/p-1. The Morgan fingerprint density at radius 2 is 1.68 bits per heavy atom. The molecule has 7 heteroatoms. The van der Waals surface area contributed by atoms with E-state index < -0.39 is 11.3 Å². The molecule has 0 amide bonds. The number of benzene rings is 2. The quantitative estimate of drug-likeness (QED) is 0.349. The second-order valence-electron chi connectivity index (χ2n) is 4.65. The van der Waals surface area contributed by atoms with Crippen molar-refractivity contribution in [2.24, 2.45) is 4.99 Å². The largest absolute Gasteiger partial charge is 0.759 e. The zero-order valence-electron chi connectivity index (χ0n) is 12.3. The maximum atomic E-state index is 10.7. The predicted octanol–water partition coefficient (Wildman–Crippen LogP) is 2.29. The SMILES string of the molecule is Cc1ccccc1N=C(NNS(=O)[O-])Nc1ccccc1C. The molecule has 2 rings (SSSR count). The van der Waals surface area contributed by atoms with E-state index in [0.717, 1.165) is 22.5 Å². The van der Waals surface area contributed by atoms with Gasteiger partial charge in [0.05, 0.1) is 5.69 Å². The van der Waals surface area contributed by atoms with Gasteiger partial charge in [0.15, 0.2) is 0 Å². The van der Waals surface area contributed by atoms with Crippen LogP contribution < -0.4 is 15.6 Å². The van der Waals surface area contributed by atoms with Gasteiger partial charge >= 0.3 is 0 Å². The molecule has 0 aliphatic rings. The van der Waals surface area contributed by atoms with E-state index in [1.54, 1.807) is 0 Å². The van der Waals surface area contributed by atoms with Crippen LogP contribution >= 0.6 is 0 Å². The van der Waals surface area contributed by atoms with Crippen molar-refractivity contribution in [1.29, 1.82) is 0 Å². The molecule has 0 radical (unpaired) electrons. The number of hydrogen-bond donors (Lipinski definition) is 3. The van der Waals surface area contributed by atoms with Gasteiger partial charge in [-0.2, -0.15) is 4.83 Å². The van der Waals surface area contributed by atoms with Crippen molar-refractivity contribution in [1.82, 2.24) is 10.3 Å². The lowest BCUT2D eigenvalue weighted by molar-refractivity contribution is 0.519. The Kier molecular flexibility index (Phi) is 5.65. The molecular weight excluding hydrogens is 300 g/mol. The monoisotopic (exact) mass is 317 g/mol. The van der Waals surface area contributed by atoms with Crippen LogP contribution in [0.4, 0.5) is 11.4 Å². The molecule has 1 unspecified atom stereocenters. The van der Waals surface area contributed by atoms with Crippen molar-refractivity contribution in [3.8, 4) is 0 Å². The lowest BCUT2D eigenvalue weighted by atomic mass is 10.2. The maximum absolute atomic E-state index is 10.7. The van der Waals surface area contributed by atoms with Crippen LogP contribution in [0, 0.1) is 13.8 Å². The number of aliphatic imine (C=N–C) groups is 1. The normalized spacial score (nSPS) is 12.8. The molecule has 0 heterocycles. The molecular formula is C15H17N4O2S-. The van der Waals surface area contributed by atoms with E-state index >= 15 is 0 Å². The van der Waals surface area contributed by atoms with Crippen molar-refractivity contribution >= 4 is 28.6 Å². The van der Waals surface area contributed by atoms with Crippen LogP contribution in [0.2, 0.25) is 0 Å². The topological polar surface area (TPSA) is 88.6 Å². The second kappa shape index (κ2) is 7.69. The van der Waals surface area contributed by atoms with Gasteiger partial charge in [0.1, 0.15) is 0 Å². The molecule has 0 aliphatic heterocycles. The zero-order valence-corrected chi connectivity index (χ0v) is 13.1. The molecule has 1 atom stereocenters. The molecule has 0 saturated carbocycles. The van der Waals surface area contributed by atoms with E-state index in [2.05, 4.69) is 20.6 Å². The highest BCUT2D eigenvalue weighted by Crippen LogP contribution is 2.18. The van der Waals surface area contributed by atoms with E-state index in [-0.39, 0.29) is 5.96 Å². The third kappa shape index (κ3) is 4.66. The van der Waals surface area contributed by atoms with Crippen LogP contribution in [0.25, 0.3) is 0 Å². The average Bonchev–Trinajstić information content (AvgIpc) is 2.49. The number of hydrogen-bond acceptors (Lipinski definition) is 3. The van der Waals surface area contributed by atoms with E-state index in [4.69, 9.17) is 0 Å². The highest BCUT2D eigenvalue weighted by atomic mass is 32.2. The summed E-state index contributed by atoms with van der Waals surface area (Å²) in [7, 11) is 0. The van der Waals surface area contributed by atoms with Crippen LogP contribution in [0.1, 0.15) is 11.1 Å². The predicted molar refractivity (Wildman–Crippen MR) is 88.3 cm³/mol. The lowest BCUT2D eigenvalue weighted by Gasteiger charge is -2.16. The molecule has 0 bridgehead atoms. The van der Waals surface area contributed by atoms with Gasteiger partial charge in [-0.25, -0.2) is 4.99 Å². The Hall–Kier alpha value is -2.22. The smallest absolute Gasteiger partial charge is 0.216 e. The molecule has 2 aromatic rings. The Morgan fingerprint density at radius 1 is 1.05 bits per heavy atom. The number of anilines is 1. The number of para-hydroxylation sites is 2. The summed E-state index contributed by atoms with van der Waals surface area (Å²) in [5.41, 5.74) is 6.12. The number of rotatable bonds is 4. The zero-order chi connectivity index (χ0) is 15.9. The molecule has 22 heavy (non-hydrogen) atoms. The summed E-state index contributed by atoms with van der Waals surface area (Å²) in [6.45, 7) is 3.89. The minimum Gasteiger partial charge on any atom is -0.759 e. The number of nitrogens with zero attached hydrogens (tertiary/aromatic N) is 1. The van der Waals surface area contributed by atoms with Crippen LogP contribution in [-0.4, -0.2) is 14.7 Å². The minimum absolute atomic E-state index is 0.285. The number of hydrazine groups is 1. The van der Waals surface area contributed by atoms with Gasteiger partial charge in [0, 0.05) is 17.0 Å². The molecule has 0 spiro atoms. The summed E-state index contributed by atoms with van der Waals surface area (Å²) < 4.78 is 21.4. The summed E-state index contributed by atoms with van der Waals surface area (Å²) in [5, 5.41) is 3.08. The van der Waals surface area contributed by atoms with E-state index in [1.807, 2.05) is 62.4 Å². The molecule has 0 saturated heterocycles. The third-order valence-electron chi connectivity index (χ3n) is 3.00. The number of nitrogens with one attached hydrogen (secondary N) is 3. The van der Waals surface area contributed by atoms with Gasteiger partial charge in [-0.3, -0.25) is 9.63 Å². The molecule has 116 valence electrons. The Labute approximate surface area is 132 Å². The Balaban J connectivity index is 2.28. The molecule has 0 fully saturated rings. The first-order valence-corrected chi connectivity index (χ1v) is 7.71. The molecule has 6 nitrogen and oxygen atoms in total. The fourth-order valence-corrected chi connectivity index (χ4v) is 2.01. The third-order valence-corrected chi connectivity index (χ3v) is 3.27. The molecule has 3 N–H and O–H groups in total. The summed E-state index contributed by atoms with van der Waals surface area (Å²) >= 11 is -2.44. The molecule has 0 aliphatic carbocycles. The first-order chi connectivity index (χ1) is 10.6. The van der Waals surface area contributed by atoms with Gasteiger partial charge in [-0.1, -0.05) is 36.4 Å². The number of guanidine groups is 1. The maximum Gasteiger partial charge on any atom is 0.216 e. The number of aryl methyl sites for hydroxylation is 2. The minimum atomic E-state index is -2.44. The van der Waals surface area contributed by atoms with Gasteiger partial charge in [0.25, 0.3) is 0 Å². The summed E-state index contributed by atoms with van der Waals surface area (Å²) in [6.07, 6.45) is 0.